The van der Waals surface area contributed by atoms with Crippen LogP contribution in [0.1, 0.15) is 30.0 Å². The van der Waals surface area contributed by atoms with E-state index in [1.807, 2.05) is 19.2 Å². The quantitative estimate of drug-likeness (QED) is 0.724. The Morgan fingerprint density at radius 1 is 1.26 bits per heavy atom. The van der Waals surface area contributed by atoms with E-state index in [1.54, 1.807) is 0 Å². The number of aromatic nitrogens is 4. The average molecular weight is 336 g/mol. The Morgan fingerprint density at radius 2 is 2.09 bits per heavy atom. The monoisotopic (exact) mass is 335 g/mol. The van der Waals surface area contributed by atoms with Gasteiger partial charge in [-0.1, -0.05) is 17.3 Å². The molecule has 1 atom stereocenters. The topological polar surface area (TPSA) is 79.6 Å². The number of imidazole rings is 1. The third kappa shape index (κ3) is 4.09. The molecule has 0 saturated carbocycles. The molecular formula is C16H22ClN5O. The minimum atomic E-state index is 0. The van der Waals surface area contributed by atoms with Crippen molar-refractivity contribution in [1.82, 2.24) is 25.4 Å². The van der Waals surface area contributed by atoms with Crippen molar-refractivity contribution in [3.05, 3.63) is 41.3 Å². The number of nitrogens with one attached hydrogen (secondary N) is 2. The maximum atomic E-state index is 5.30. The molecule has 0 bridgehead atoms. The van der Waals surface area contributed by atoms with Gasteiger partial charge in [-0.3, -0.25) is 0 Å². The Morgan fingerprint density at radius 3 is 2.83 bits per heavy atom. The Balaban J connectivity index is 0.00000192. The Bertz CT molecular complexity index is 767. The number of fused-ring (bicyclic) bond motifs is 1. The van der Waals surface area contributed by atoms with Crippen LogP contribution in [0.4, 0.5) is 0 Å². The van der Waals surface area contributed by atoms with Crippen LogP contribution < -0.4 is 5.32 Å². The van der Waals surface area contributed by atoms with Crippen LogP contribution in [-0.4, -0.2) is 33.2 Å². The van der Waals surface area contributed by atoms with Gasteiger partial charge in [-0.15, -0.1) is 12.4 Å². The number of aryl methyl sites for hydroxylation is 3. The van der Waals surface area contributed by atoms with E-state index in [1.165, 1.54) is 5.56 Å². The normalized spacial score (nSPS) is 12.3. The number of nitrogens with zero attached hydrogens (tertiary/aromatic N) is 3. The first-order valence-electron chi connectivity index (χ1n) is 7.58. The van der Waals surface area contributed by atoms with Crippen LogP contribution in [0.3, 0.4) is 0 Å². The van der Waals surface area contributed by atoms with Gasteiger partial charge in [0.15, 0.2) is 5.82 Å². The highest BCUT2D eigenvalue weighted by Crippen LogP contribution is 2.16. The van der Waals surface area contributed by atoms with Crippen LogP contribution in [-0.2, 0) is 19.3 Å². The van der Waals surface area contributed by atoms with Crippen LogP contribution in [0.5, 0.6) is 0 Å². The van der Waals surface area contributed by atoms with Gasteiger partial charge < -0.3 is 14.8 Å². The predicted molar refractivity (Wildman–Crippen MR) is 92.0 cm³/mol. The Kier molecular flexibility index (Phi) is 5.74. The number of rotatable bonds is 6. The summed E-state index contributed by atoms with van der Waals surface area (Å²) in [4.78, 5) is 12.4. The molecule has 1 aromatic carbocycles. The molecule has 3 rings (SSSR count). The second kappa shape index (κ2) is 7.57. The molecule has 7 heteroatoms. The van der Waals surface area contributed by atoms with Crippen molar-refractivity contribution in [2.45, 2.75) is 39.2 Å². The highest BCUT2D eigenvalue weighted by molar-refractivity contribution is 5.85. The molecule has 124 valence electrons. The van der Waals surface area contributed by atoms with Crippen LogP contribution in [0.25, 0.3) is 11.0 Å². The molecule has 6 nitrogen and oxygen atoms in total. The van der Waals surface area contributed by atoms with Gasteiger partial charge in [0, 0.05) is 25.3 Å². The summed E-state index contributed by atoms with van der Waals surface area (Å²) in [5, 5.41) is 7.18. The van der Waals surface area contributed by atoms with E-state index in [-0.39, 0.29) is 12.4 Å². The summed E-state index contributed by atoms with van der Waals surface area (Å²) >= 11 is 0. The van der Waals surface area contributed by atoms with Crippen molar-refractivity contribution in [1.29, 1.82) is 0 Å². The average Bonchev–Trinajstić information content (AvgIpc) is 3.12. The molecule has 3 aromatic rings. The van der Waals surface area contributed by atoms with Crippen molar-refractivity contribution in [2.24, 2.45) is 0 Å². The number of benzene rings is 1. The van der Waals surface area contributed by atoms with E-state index >= 15 is 0 Å². The molecule has 0 aliphatic rings. The highest BCUT2D eigenvalue weighted by Gasteiger charge is 2.11. The molecule has 23 heavy (non-hydrogen) atoms. The van der Waals surface area contributed by atoms with Gasteiger partial charge in [-0.2, -0.15) is 4.98 Å². The van der Waals surface area contributed by atoms with Gasteiger partial charge in [-0.05, 0) is 32.5 Å². The van der Waals surface area contributed by atoms with E-state index < -0.39 is 0 Å². The standard InChI is InChI=1S/C16H21N5O.ClH/c1-10-5-4-6-12-16(10)20-13(18-12)7-8-15-19-14(21-22-15)9-11(2)17-3;/h4-6,11,17H,7-9H2,1-3H3,(H,18,20);1H. The number of halogens is 1. The lowest BCUT2D eigenvalue weighted by molar-refractivity contribution is 0.370. The van der Waals surface area contributed by atoms with Crippen molar-refractivity contribution in [3.8, 4) is 0 Å². The Labute approximate surface area is 141 Å². The summed E-state index contributed by atoms with van der Waals surface area (Å²) in [6.07, 6.45) is 2.22. The third-order valence-electron chi connectivity index (χ3n) is 3.83. The molecule has 2 aromatic heterocycles. The minimum Gasteiger partial charge on any atom is -0.342 e. The van der Waals surface area contributed by atoms with Gasteiger partial charge in [0.05, 0.1) is 11.0 Å². The van der Waals surface area contributed by atoms with Gasteiger partial charge >= 0.3 is 0 Å². The fraction of sp³-hybridized carbons (Fsp3) is 0.438. The summed E-state index contributed by atoms with van der Waals surface area (Å²) in [5.41, 5.74) is 3.29. The first kappa shape index (κ1) is 17.4. The van der Waals surface area contributed by atoms with Crippen LogP contribution in [0.15, 0.2) is 22.7 Å². The minimum absolute atomic E-state index is 0. The Hall–Kier alpha value is -1.92. The molecule has 2 N–H and O–H groups in total. The highest BCUT2D eigenvalue weighted by atomic mass is 35.5. The van der Waals surface area contributed by atoms with Crippen LogP contribution >= 0.6 is 12.4 Å². The number of aromatic amines is 1. The van der Waals surface area contributed by atoms with E-state index in [0.29, 0.717) is 18.4 Å². The van der Waals surface area contributed by atoms with E-state index in [4.69, 9.17) is 4.52 Å². The maximum Gasteiger partial charge on any atom is 0.227 e. The van der Waals surface area contributed by atoms with Gasteiger partial charge in [0.2, 0.25) is 5.89 Å². The summed E-state index contributed by atoms with van der Waals surface area (Å²) in [6, 6.07) is 6.49. The van der Waals surface area contributed by atoms with Crippen LogP contribution in [0.2, 0.25) is 0 Å². The second-order valence-corrected chi connectivity index (χ2v) is 5.65. The number of hydrogen-bond acceptors (Lipinski definition) is 5. The molecule has 1 unspecified atom stereocenters. The summed E-state index contributed by atoms with van der Waals surface area (Å²) in [5.74, 6) is 2.36. The van der Waals surface area contributed by atoms with Crippen molar-refractivity contribution in [3.63, 3.8) is 0 Å². The lowest BCUT2D eigenvalue weighted by atomic mass is 10.2. The molecular weight excluding hydrogens is 314 g/mol. The molecule has 0 saturated heterocycles. The molecule has 0 aliphatic carbocycles. The SMILES string of the molecule is CNC(C)Cc1noc(CCc2nc3c(C)cccc3[nH]2)n1.Cl. The molecule has 0 radical (unpaired) electrons. The summed E-state index contributed by atoms with van der Waals surface area (Å²) in [7, 11) is 1.93. The molecule has 0 amide bonds. The first-order valence-corrected chi connectivity index (χ1v) is 7.58. The number of hydrogen-bond donors (Lipinski definition) is 2. The van der Waals surface area contributed by atoms with Crippen molar-refractivity contribution < 1.29 is 4.52 Å². The van der Waals surface area contributed by atoms with Gasteiger partial charge in [0.25, 0.3) is 0 Å². The van der Waals surface area contributed by atoms with Crippen LogP contribution in [0, 0.1) is 6.92 Å². The van der Waals surface area contributed by atoms with E-state index in [2.05, 4.69) is 45.3 Å². The lowest BCUT2D eigenvalue weighted by Crippen LogP contribution is -2.24. The molecule has 2 heterocycles. The second-order valence-electron chi connectivity index (χ2n) is 5.65. The zero-order valence-electron chi connectivity index (χ0n) is 13.6. The molecule has 0 aliphatic heterocycles. The van der Waals surface area contributed by atoms with Gasteiger partial charge in [-0.25, -0.2) is 4.98 Å². The number of likely N-dealkylation sites (N-methyl/N-ethyl adjacent to an activating group) is 1. The maximum absolute atomic E-state index is 5.30. The van der Waals surface area contributed by atoms with E-state index in [9.17, 15) is 0 Å². The van der Waals surface area contributed by atoms with Crippen molar-refractivity contribution >= 4 is 23.4 Å². The smallest absolute Gasteiger partial charge is 0.227 e. The fourth-order valence-corrected chi connectivity index (χ4v) is 2.42. The third-order valence-corrected chi connectivity index (χ3v) is 3.83. The number of H-pyrrole nitrogens is 1. The first-order chi connectivity index (χ1) is 10.7. The largest absolute Gasteiger partial charge is 0.342 e. The van der Waals surface area contributed by atoms with Gasteiger partial charge in [0.1, 0.15) is 5.82 Å². The fourth-order valence-electron chi connectivity index (χ4n) is 2.42. The lowest BCUT2D eigenvalue weighted by Gasteiger charge is -2.04. The van der Waals surface area contributed by atoms with Crippen molar-refractivity contribution in [2.75, 3.05) is 7.05 Å². The zero-order valence-corrected chi connectivity index (χ0v) is 14.4. The predicted octanol–water partition coefficient (Wildman–Crippen LogP) is 2.61. The summed E-state index contributed by atoms with van der Waals surface area (Å²) < 4.78 is 5.30. The number of para-hydroxylation sites is 1. The van der Waals surface area contributed by atoms with E-state index in [0.717, 1.165) is 35.5 Å². The molecule has 0 spiro atoms. The molecule has 0 fully saturated rings. The summed E-state index contributed by atoms with van der Waals surface area (Å²) in [6.45, 7) is 4.16. The zero-order chi connectivity index (χ0) is 15.5.